The molecule has 1 N–H and O–H groups in total. The molecule has 1 atom stereocenters. The van der Waals surface area contributed by atoms with Crippen LogP contribution in [0.25, 0.3) is 0 Å². The van der Waals surface area contributed by atoms with Gasteiger partial charge >= 0.3 is 5.69 Å². The third-order valence-corrected chi connectivity index (χ3v) is 3.97. The highest BCUT2D eigenvalue weighted by atomic mass is 16.6. The third-order valence-electron chi connectivity index (χ3n) is 3.97. The highest BCUT2D eigenvalue weighted by Crippen LogP contribution is 2.38. The first-order valence-corrected chi connectivity index (χ1v) is 8.39. The molecule has 0 radical (unpaired) electrons. The zero-order chi connectivity index (χ0) is 18.7. The van der Waals surface area contributed by atoms with Gasteiger partial charge in [0, 0.05) is 31.0 Å². The van der Waals surface area contributed by atoms with E-state index in [0.717, 1.165) is 23.9 Å². The molecular weight excluding hydrogens is 340 g/mol. The van der Waals surface area contributed by atoms with Gasteiger partial charge in [-0.15, -0.1) is 0 Å². The Morgan fingerprint density at radius 2 is 2.35 bits per heavy atom. The third kappa shape index (κ3) is 3.93. The van der Waals surface area contributed by atoms with Gasteiger partial charge in [0.05, 0.1) is 17.2 Å². The lowest BCUT2D eigenvalue weighted by molar-refractivity contribution is -0.385. The molecule has 9 nitrogen and oxygen atoms in total. The molecule has 2 heterocycles. The van der Waals surface area contributed by atoms with Crippen molar-refractivity contribution in [3.63, 3.8) is 0 Å². The van der Waals surface area contributed by atoms with Crippen LogP contribution in [0.15, 0.2) is 24.5 Å². The van der Waals surface area contributed by atoms with Gasteiger partial charge in [0.25, 0.3) is 0 Å². The Morgan fingerprint density at radius 3 is 3.04 bits per heavy atom. The smallest absolute Gasteiger partial charge is 0.306 e. The number of carbonyl (C=O) groups is 1. The molecule has 0 spiro atoms. The lowest BCUT2D eigenvalue weighted by Crippen LogP contribution is -2.15. The number of ether oxygens (including phenoxy) is 2. The van der Waals surface area contributed by atoms with Crippen LogP contribution in [0.1, 0.15) is 25.8 Å². The van der Waals surface area contributed by atoms with Crippen molar-refractivity contribution in [3.05, 3.63) is 40.2 Å². The zero-order valence-corrected chi connectivity index (χ0v) is 14.6. The summed E-state index contributed by atoms with van der Waals surface area (Å²) in [6, 6.07) is 3.68. The number of nitrogens with one attached hydrogen (secondary N) is 1. The van der Waals surface area contributed by atoms with Crippen LogP contribution in [-0.2, 0) is 17.8 Å². The van der Waals surface area contributed by atoms with Crippen molar-refractivity contribution in [1.82, 2.24) is 9.78 Å². The molecule has 1 unspecified atom stereocenters. The summed E-state index contributed by atoms with van der Waals surface area (Å²) in [5.41, 5.74) is 1.51. The molecule has 0 bridgehead atoms. The Kier molecular flexibility index (Phi) is 5.06. The summed E-state index contributed by atoms with van der Waals surface area (Å²) in [5, 5.41) is 17.3. The van der Waals surface area contributed by atoms with Crippen LogP contribution in [0, 0.1) is 10.1 Å². The minimum Gasteiger partial charge on any atom is -0.492 e. The standard InChI is InChI=1S/C17H20N4O5/c1-3-25-16-7-12-6-11(2)26-15(12)8-14(16)19-17(22)4-5-20-10-13(9-18-20)21(23)24/h7-11H,3-6H2,1-2H3,(H,19,22). The molecule has 0 fully saturated rings. The van der Waals surface area contributed by atoms with E-state index < -0.39 is 4.92 Å². The first-order chi connectivity index (χ1) is 12.5. The van der Waals surface area contributed by atoms with Crippen molar-refractivity contribution in [1.29, 1.82) is 0 Å². The fourth-order valence-electron chi connectivity index (χ4n) is 2.81. The second-order valence-corrected chi connectivity index (χ2v) is 6.04. The number of nitro groups is 1. The number of benzene rings is 1. The quantitative estimate of drug-likeness (QED) is 0.600. The van der Waals surface area contributed by atoms with Crippen molar-refractivity contribution < 1.29 is 19.2 Å². The van der Waals surface area contributed by atoms with Gasteiger partial charge in [-0.1, -0.05) is 0 Å². The average molecular weight is 360 g/mol. The minimum absolute atomic E-state index is 0.0982. The van der Waals surface area contributed by atoms with Crippen LogP contribution in [0.2, 0.25) is 0 Å². The van der Waals surface area contributed by atoms with Gasteiger partial charge in [0.1, 0.15) is 30.0 Å². The number of rotatable bonds is 7. The highest BCUT2D eigenvalue weighted by Gasteiger charge is 2.22. The number of fused-ring (bicyclic) bond motifs is 1. The highest BCUT2D eigenvalue weighted by molar-refractivity contribution is 5.92. The second-order valence-electron chi connectivity index (χ2n) is 6.04. The number of aryl methyl sites for hydroxylation is 1. The van der Waals surface area contributed by atoms with E-state index in [9.17, 15) is 14.9 Å². The Labute approximate surface area is 150 Å². The van der Waals surface area contributed by atoms with Crippen LogP contribution < -0.4 is 14.8 Å². The van der Waals surface area contributed by atoms with Crippen LogP contribution >= 0.6 is 0 Å². The number of hydrogen-bond donors (Lipinski definition) is 1. The van der Waals surface area contributed by atoms with E-state index in [1.807, 2.05) is 19.9 Å². The molecule has 0 saturated carbocycles. The number of nitrogens with zero attached hydrogens (tertiary/aromatic N) is 3. The monoisotopic (exact) mass is 360 g/mol. The van der Waals surface area contributed by atoms with Crippen LogP contribution in [-0.4, -0.2) is 33.3 Å². The van der Waals surface area contributed by atoms with Crippen molar-refractivity contribution >= 4 is 17.3 Å². The van der Waals surface area contributed by atoms with E-state index in [2.05, 4.69) is 10.4 Å². The van der Waals surface area contributed by atoms with Gasteiger partial charge in [-0.05, 0) is 19.9 Å². The van der Waals surface area contributed by atoms with Crippen LogP contribution in [0.3, 0.4) is 0 Å². The molecule has 0 saturated heterocycles. The largest absolute Gasteiger partial charge is 0.492 e. The predicted octanol–water partition coefficient (Wildman–Crippen LogP) is 2.54. The number of anilines is 1. The maximum absolute atomic E-state index is 12.3. The first-order valence-electron chi connectivity index (χ1n) is 8.39. The van der Waals surface area contributed by atoms with Gasteiger partial charge in [-0.2, -0.15) is 5.10 Å². The molecular formula is C17H20N4O5. The summed E-state index contributed by atoms with van der Waals surface area (Å²) < 4.78 is 12.7. The molecule has 1 aromatic heterocycles. The Balaban J connectivity index is 1.66. The number of hydrogen-bond acceptors (Lipinski definition) is 6. The maximum Gasteiger partial charge on any atom is 0.306 e. The topological polar surface area (TPSA) is 109 Å². The molecule has 2 aromatic rings. The summed E-state index contributed by atoms with van der Waals surface area (Å²) in [5.74, 6) is 1.11. The summed E-state index contributed by atoms with van der Waals surface area (Å²) in [7, 11) is 0. The molecule has 138 valence electrons. The normalized spacial score (nSPS) is 15.2. The van der Waals surface area contributed by atoms with E-state index in [0.29, 0.717) is 18.0 Å². The lowest BCUT2D eigenvalue weighted by atomic mass is 10.1. The van der Waals surface area contributed by atoms with Gasteiger partial charge in [0.15, 0.2) is 0 Å². The molecule has 1 amide bonds. The van der Waals surface area contributed by atoms with Gasteiger partial charge < -0.3 is 14.8 Å². The summed E-state index contributed by atoms with van der Waals surface area (Å²) >= 11 is 0. The zero-order valence-electron chi connectivity index (χ0n) is 14.6. The molecule has 26 heavy (non-hydrogen) atoms. The Hall–Kier alpha value is -3.10. The van der Waals surface area contributed by atoms with Gasteiger partial charge in [-0.3, -0.25) is 19.6 Å². The molecule has 1 aliphatic heterocycles. The Morgan fingerprint density at radius 1 is 1.54 bits per heavy atom. The van der Waals surface area contributed by atoms with Crippen LogP contribution in [0.4, 0.5) is 11.4 Å². The van der Waals surface area contributed by atoms with Crippen molar-refractivity contribution in [2.45, 2.75) is 39.3 Å². The van der Waals surface area contributed by atoms with E-state index in [1.165, 1.54) is 10.9 Å². The van der Waals surface area contributed by atoms with E-state index in [4.69, 9.17) is 9.47 Å². The van der Waals surface area contributed by atoms with E-state index in [-0.39, 0.29) is 30.7 Å². The lowest BCUT2D eigenvalue weighted by Gasteiger charge is -2.13. The van der Waals surface area contributed by atoms with Crippen molar-refractivity contribution in [2.24, 2.45) is 0 Å². The predicted molar refractivity (Wildman–Crippen MR) is 93.5 cm³/mol. The number of carbonyl (C=O) groups excluding carboxylic acids is 1. The minimum atomic E-state index is -0.524. The van der Waals surface area contributed by atoms with Crippen LogP contribution in [0.5, 0.6) is 11.5 Å². The van der Waals surface area contributed by atoms with Gasteiger partial charge in [0.2, 0.25) is 5.91 Å². The fourth-order valence-corrected chi connectivity index (χ4v) is 2.81. The molecule has 9 heteroatoms. The average Bonchev–Trinajstić information content (AvgIpc) is 3.19. The molecule has 0 aliphatic carbocycles. The summed E-state index contributed by atoms with van der Waals surface area (Å²) in [6.45, 7) is 4.58. The number of amides is 1. The first kappa shape index (κ1) is 17.7. The molecule has 1 aliphatic rings. The van der Waals surface area contributed by atoms with Gasteiger partial charge in [-0.25, -0.2) is 0 Å². The summed E-state index contributed by atoms with van der Waals surface area (Å²) in [4.78, 5) is 22.4. The fraction of sp³-hybridized carbons (Fsp3) is 0.412. The molecule has 1 aromatic carbocycles. The van der Waals surface area contributed by atoms with Crippen molar-refractivity contribution in [3.8, 4) is 11.5 Å². The second kappa shape index (κ2) is 7.42. The van der Waals surface area contributed by atoms with E-state index >= 15 is 0 Å². The van der Waals surface area contributed by atoms with Crippen molar-refractivity contribution in [2.75, 3.05) is 11.9 Å². The number of aromatic nitrogens is 2. The van der Waals surface area contributed by atoms with E-state index in [1.54, 1.807) is 6.07 Å². The maximum atomic E-state index is 12.3. The molecule has 3 rings (SSSR count). The SMILES string of the molecule is CCOc1cc2c(cc1NC(=O)CCn1cc([N+](=O)[O-])cn1)OC(C)C2. The Bertz CT molecular complexity index is 833. The summed E-state index contributed by atoms with van der Waals surface area (Å²) in [6.07, 6.45) is 3.48.